The summed E-state index contributed by atoms with van der Waals surface area (Å²) in [6.07, 6.45) is 5.68. The smallest absolute Gasteiger partial charge is 0.217 e. The highest BCUT2D eigenvalue weighted by molar-refractivity contribution is 6.30. The second-order valence-electron chi connectivity index (χ2n) is 5.40. The molecule has 0 radical (unpaired) electrons. The Morgan fingerprint density at radius 2 is 1.86 bits per heavy atom. The normalized spacial score (nSPS) is 16.0. The molecule has 5 nitrogen and oxygen atoms in total. The maximum Gasteiger partial charge on any atom is 0.217 e. The highest BCUT2D eigenvalue weighted by Crippen LogP contribution is 2.30. The molecule has 0 aliphatic heterocycles. The van der Waals surface area contributed by atoms with Gasteiger partial charge in [0, 0.05) is 10.6 Å². The number of anilines is 1. The van der Waals surface area contributed by atoms with Crippen LogP contribution in [0.5, 0.6) is 0 Å². The van der Waals surface area contributed by atoms with Gasteiger partial charge in [0.05, 0.1) is 6.04 Å². The first-order valence-electron chi connectivity index (χ1n) is 7.18. The molecular formula is C15H17ClN4O. The molecule has 1 aromatic heterocycles. The first-order valence-corrected chi connectivity index (χ1v) is 7.55. The first kappa shape index (κ1) is 14.1. The van der Waals surface area contributed by atoms with Crippen molar-refractivity contribution in [3.8, 4) is 0 Å². The van der Waals surface area contributed by atoms with Crippen LogP contribution in [-0.2, 0) is 0 Å². The Balaban J connectivity index is 1.87. The standard InChI is InChI=1S/C15H17ClN4O/c16-11-8-6-10(7-9-11)14(21)13-15(17)20(19-18-13)12-4-2-1-3-5-12/h6-9,12H,1-5,17H2. The van der Waals surface area contributed by atoms with Crippen molar-refractivity contribution in [3.05, 3.63) is 40.5 Å². The van der Waals surface area contributed by atoms with Crippen molar-refractivity contribution < 1.29 is 4.79 Å². The van der Waals surface area contributed by atoms with Gasteiger partial charge in [-0.3, -0.25) is 4.79 Å². The summed E-state index contributed by atoms with van der Waals surface area (Å²) in [4.78, 5) is 12.4. The van der Waals surface area contributed by atoms with Gasteiger partial charge in [-0.05, 0) is 37.1 Å². The maximum absolute atomic E-state index is 12.4. The van der Waals surface area contributed by atoms with Crippen LogP contribution in [0.2, 0.25) is 5.02 Å². The van der Waals surface area contributed by atoms with Gasteiger partial charge < -0.3 is 5.73 Å². The van der Waals surface area contributed by atoms with Crippen molar-refractivity contribution in [2.75, 3.05) is 5.73 Å². The molecule has 2 N–H and O–H groups in total. The van der Waals surface area contributed by atoms with E-state index in [9.17, 15) is 4.79 Å². The van der Waals surface area contributed by atoms with Crippen molar-refractivity contribution in [1.29, 1.82) is 0 Å². The Morgan fingerprint density at radius 3 is 2.52 bits per heavy atom. The lowest BCUT2D eigenvalue weighted by Gasteiger charge is -2.22. The minimum atomic E-state index is -0.216. The van der Waals surface area contributed by atoms with Gasteiger partial charge in [-0.2, -0.15) is 0 Å². The molecule has 21 heavy (non-hydrogen) atoms. The van der Waals surface area contributed by atoms with E-state index >= 15 is 0 Å². The molecule has 0 bridgehead atoms. The SMILES string of the molecule is Nc1c(C(=O)c2ccc(Cl)cc2)nnn1C1CCCCC1. The van der Waals surface area contributed by atoms with Crippen molar-refractivity contribution >= 4 is 23.2 Å². The summed E-state index contributed by atoms with van der Waals surface area (Å²) in [5, 5.41) is 8.68. The van der Waals surface area contributed by atoms with Gasteiger partial charge in [-0.15, -0.1) is 5.10 Å². The molecule has 2 aromatic rings. The van der Waals surface area contributed by atoms with E-state index in [0.29, 0.717) is 16.4 Å². The van der Waals surface area contributed by atoms with Crippen LogP contribution in [0.15, 0.2) is 24.3 Å². The van der Waals surface area contributed by atoms with Gasteiger partial charge >= 0.3 is 0 Å². The fourth-order valence-electron chi connectivity index (χ4n) is 2.80. The third-order valence-corrected chi connectivity index (χ3v) is 4.22. The molecular weight excluding hydrogens is 288 g/mol. The zero-order valence-corrected chi connectivity index (χ0v) is 12.4. The summed E-state index contributed by atoms with van der Waals surface area (Å²) in [6, 6.07) is 6.96. The van der Waals surface area contributed by atoms with Gasteiger partial charge in [0.1, 0.15) is 0 Å². The van der Waals surface area contributed by atoms with E-state index in [0.717, 1.165) is 12.8 Å². The van der Waals surface area contributed by atoms with Crippen LogP contribution in [-0.4, -0.2) is 20.8 Å². The number of aromatic nitrogens is 3. The zero-order chi connectivity index (χ0) is 14.8. The van der Waals surface area contributed by atoms with Crippen molar-refractivity contribution in [1.82, 2.24) is 15.0 Å². The minimum Gasteiger partial charge on any atom is -0.382 e. The monoisotopic (exact) mass is 304 g/mol. The third-order valence-electron chi connectivity index (χ3n) is 3.97. The van der Waals surface area contributed by atoms with Crippen molar-refractivity contribution in [2.24, 2.45) is 0 Å². The van der Waals surface area contributed by atoms with E-state index in [-0.39, 0.29) is 17.5 Å². The number of halogens is 1. The maximum atomic E-state index is 12.4. The third kappa shape index (κ3) is 2.78. The van der Waals surface area contributed by atoms with E-state index in [4.69, 9.17) is 17.3 Å². The molecule has 110 valence electrons. The van der Waals surface area contributed by atoms with Gasteiger partial charge in [0.15, 0.2) is 11.5 Å². The molecule has 1 aromatic carbocycles. The van der Waals surface area contributed by atoms with Crippen LogP contribution in [0.4, 0.5) is 5.82 Å². The van der Waals surface area contributed by atoms with Crippen LogP contribution in [0, 0.1) is 0 Å². The van der Waals surface area contributed by atoms with Crippen LogP contribution < -0.4 is 5.73 Å². The molecule has 1 aliphatic rings. The van der Waals surface area contributed by atoms with Gasteiger partial charge in [0.2, 0.25) is 5.78 Å². The Labute approximate surface area is 128 Å². The average molecular weight is 305 g/mol. The van der Waals surface area contributed by atoms with E-state index in [1.807, 2.05) is 0 Å². The molecule has 3 rings (SSSR count). The molecule has 1 aliphatic carbocycles. The minimum absolute atomic E-state index is 0.216. The summed E-state index contributed by atoms with van der Waals surface area (Å²) in [7, 11) is 0. The van der Waals surface area contributed by atoms with Crippen LogP contribution in [0.25, 0.3) is 0 Å². The Kier molecular flexibility index (Phi) is 3.92. The Bertz CT molecular complexity index is 644. The van der Waals surface area contributed by atoms with Crippen LogP contribution in [0.1, 0.15) is 54.2 Å². The summed E-state index contributed by atoms with van der Waals surface area (Å²) in [5.41, 5.74) is 6.83. The number of ketones is 1. The Hall–Kier alpha value is -1.88. The predicted octanol–water partition coefficient (Wildman–Crippen LogP) is 3.25. The fourth-order valence-corrected chi connectivity index (χ4v) is 2.92. The largest absolute Gasteiger partial charge is 0.382 e. The lowest BCUT2D eigenvalue weighted by Crippen LogP contribution is -2.17. The topological polar surface area (TPSA) is 73.8 Å². The zero-order valence-electron chi connectivity index (χ0n) is 11.6. The quantitative estimate of drug-likeness (QED) is 0.883. The first-order chi connectivity index (χ1) is 10.2. The lowest BCUT2D eigenvalue weighted by molar-refractivity contribution is 0.103. The molecule has 1 saturated carbocycles. The summed E-state index contributed by atoms with van der Waals surface area (Å²) in [5.74, 6) is 0.146. The molecule has 0 spiro atoms. The van der Waals surface area contributed by atoms with Crippen LogP contribution >= 0.6 is 11.6 Å². The van der Waals surface area contributed by atoms with E-state index in [1.54, 1.807) is 28.9 Å². The van der Waals surface area contributed by atoms with E-state index in [2.05, 4.69) is 10.3 Å². The highest BCUT2D eigenvalue weighted by Gasteiger charge is 2.24. The molecule has 0 unspecified atom stereocenters. The molecule has 1 fully saturated rings. The van der Waals surface area contributed by atoms with Crippen molar-refractivity contribution in [2.45, 2.75) is 38.1 Å². The number of nitrogen functional groups attached to an aromatic ring is 1. The average Bonchev–Trinajstić information content (AvgIpc) is 2.90. The molecule has 6 heteroatoms. The molecule has 0 amide bonds. The number of nitrogens with zero attached hydrogens (tertiary/aromatic N) is 3. The number of carbonyl (C=O) groups excluding carboxylic acids is 1. The number of rotatable bonds is 3. The predicted molar refractivity (Wildman–Crippen MR) is 81.4 cm³/mol. The second-order valence-corrected chi connectivity index (χ2v) is 5.83. The number of carbonyl (C=O) groups is 1. The molecule has 1 heterocycles. The second kappa shape index (κ2) is 5.85. The Morgan fingerprint density at radius 1 is 1.19 bits per heavy atom. The van der Waals surface area contributed by atoms with Gasteiger partial charge in [0.25, 0.3) is 0 Å². The molecule has 0 atom stereocenters. The number of benzene rings is 1. The summed E-state index contributed by atoms with van der Waals surface area (Å²) in [6.45, 7) is 0. The van der Waals surface area contributed by atoms with Crippen molar-refractivity contribution in [3.63, 3.8) is 0 Å². The van der Waals surface area contributed by atoms with E-state index < -0.39 is 0 Å². The van der Waals surface area contributed by atoms with E-state index in [1.165, 1.54) is 19.3 Å². The van der Waals surface area contributed by atoms with Gasteiger partial charge in [-0.1, -0.05) is 36.1 Å². The lowest BCUT2D eigenvalue weighted by atomic mass is 9.95. The number of nitrogens with two attached hydrogens (primary N) is 1. The fraction of sp³-hybridized carbons (Fsp3) is 0.400. The van der Waals surface area contributed by atoms with Gasteiger partial charge in [-0.25, -0.2) is 4.68 Å². The summed E-state index contributed by atoms with van der Waals surface area (Å²) >= 11 is 5.83. The highest BCUT2D eigenvalue weighted by atomic mass is 35.5. The van der Waals surface area contributed by atoms with Crippen LogP contribution in [0.3, 0.4) is 0 Å². The summed E-state index contributed by atoms with van der Waals surface area (Å²) < 4.78 is 1.71. The number of hydrogen-bond acceptors (Lipinski definition) is 4. The molecule has 0 saturated heterocycles. The number of hydrogen-bond donors (Lipinski definition) is 1.